The molecule has 0 saturated carbocycles. The average molecular weight is 144 g/mol. The smallest absolute Gasteiger partial charge is 0.0434 e. The van der Waals surface area contributed by atoms with Crippen molar-refractivity contribution in [2.24, 2.45) is 5.92 Å². The molecule has 0 aromatic rings. The first-order valence-corrected chi connectivity index (χ1v) is 3.96. The molecular formula is C7H16N2O. The van der Waals surface area contributed by atoms with Crippen molar-refractivity contribution in [2.75, 3.05) is 32.8 Å². The zero-order chi connectivity index (χ0) is 7.23. The Morgan fingerprint density at radius 1 is 1.20 bits per heavy atom. The Labute approximate surface area is 61.8 Å². The molecule has 3 nitrogen and oxygen atoms in total. The first-order valence-electron chi connectivity index (χ1n) is 3.96. The van der Waals surface area contributed by atoms with Gasteiger partial charge in [-0.3, -0.25) is 0 Å². The molecule has 0 aliphatic carbocycles. The second-order valence-corrected chi connectivity index (χ2v) is 2.79. The number of hydrogen-bond donors (Lipinski definition) is 3. The zero-order valence-electron chi connectivity index (χ0n) is 6.27. The second kappa shape index (κ2) is 4.66. The molecule has 60 valence electrons. The lowest BCUT2D eigenvalue weighted by Crippen LogP contribution is -2.24. The van der Waals surface area contributed by atoms with E-state index in [0.29, 0.717) is 12.5 Å². The van der Waals surface area contributed by atoms with Gasteiger partial charge in [-0.15, -0.1) is 0 Å². The molecule has 0 spiro atoms. The number of hydrogen-bond acceptors (Lipinski definition) is 3. The van der Waals surface area contributed by atoms with E-state index in [1.165, 1.54) is 0 Å². The lowest BCUT2D eigenvalue weighted by Gasteiger charge is -2.11. The van der Waals surface area contributed by atoms with Gasteiger partial charge in [0.25, 0.3) is 0 Å². The minimum Gasteiger partial charge on any atom is -0.396 e. The summed E-state index contributed by atoms with van der Waals surface area (Å²) in [6.45, 7) is 4.53. The highest BCUT2D eigenvalue weighted by Crippen LogP contribution is 2.00. The third-order valence-electron chi connectivity index (χ3n) is 1.88. The number of nitrogens with one attached hydrogen (secondary N) is 2. The van der Waals surface area contributed by atoms with Crippen LogP contribution < -0.4 is 10.6 Å². The third-order valence-corrected chi connectivity index (χ3v) is 1.88. The zero-order valence-corrected chi connectivity index (χ0v) is 6.27. The molecule has 1 fully saturated rings. The number of aliphatic hydroxyl groups excluding tert-OH is 1. The van der Waals surface area contributed by atoms with E-state index < -0.39 is 0 Å². The second-order valence-electron chi connectivity index (χ2n) is 2.79. The Balaban J connectivity index is 2.15. The quantitative estimate of drug-likeness (QED) is 0.474. The fourth-order valence-electron chi connectivity index (χ4n) is 1.25. The first kappa shape index (κ1) is 7.98. The molecule has 10 heavy (non-hydrogen) atoms. The summed E-state index contributed by atoms with van der Waals surface area (Å²) >= 11 is 0. The molecule has 0 atom stereocenters. The maximum Gasteiger partial charge on any atom is 0.0434 e. The van der Waals surface area contributed by atoms with Gasteiger partial charge in [0.2, 0.25) is 0 Å². The van der Waals surface area contributed by atoms with E-state index in [9.17, 15) is 0 Å². The summed E-state index contributed by atoms with van der Waals surface area (Å²) in [5.41, 5.74) is 0. The van der Waals surface area contributed by atoms with E-state index >= 15 is 0 Å². The van der Waals surface area contributed by atoms with Crippen LogP contribution in [0.25, 0.3) is 0 Å². The molecule has 0 amide bonds. The van der Waals surface area contributed by atoms with Crippen LogP contribution in [0.5, 0.6) is 0 Å². The molecule has 1 rings (SSSR count). The molecule has 1 saturated heterocycles. The van der Waals surface area contributed by atoms with Crippen molar-refractivity contribution in [3.8, 4) is 0 Å². The predicted octanol–water partition coefficient (Wildman–Crippen LogP) is -0.822. The van der Waals surface area contributed by atoms with Gasteiger partial charge in [-0.05, 0) is 25.4 Å². The molecule has 0 bridgehead atoms. The standard InChI is InChI=1S/C7H16N2O/c10-4-1-7-5-8-2-3-9-6-7/h7-10H,1-6H2. The topological polar surface area (TPSA) is 44.3 Å². The summed E-state index contributed by atoms with van der Waals surface area (Å²) in [5, 5.41) is 15.3. The van der Waals surface area contributed by atoms with Gasteiger partial charge in [-0.1, -0.05) is 0 Å². The molecule has 3 N–H and O–H groups in total. The van der Waals surface area contributed by atoms with Crippen LogP contribution in [-0.2, 0) is 0 Å². The SMILES string of the molecule is OCCC1CNCCNC1. The van der Waals surface area contributed by atoms with E-state index in [0.717, 1.165) is 32.6 Å². The van der Waals surface area contributed by atoms with Crippen molar-refractivity contribution in [2.45, 2.75) is 6.42 Å². The monoisotopic (exact) mass is 144 g/mol. The van der Waals surface area contributed by atoms with Gasteiger partial charge in [0.15, 0.2) is 0 Å². The van der Waals surface area contributed by atoms with Gasteiger partial charge < -0.3 is 15.7 Å². The largest absolute Gasteiger partial charge is 0.396 e. The van der Waals surface area contributed by atoms with E-state index in [4.69, 9.17) is 5.11 Å². The van der Waals surface area contributed by atoms with Gasteiger partial charge in [0, 0.05) is 19.7 Å². The van der Waals surface area contributed by atoms with Gasteiger partial charge in [0.1, 0.15) is 0 Å². The first-order chi connectivity index (χ1) is 4.93. The minimum absolute atomic E-state index is 0.314. The average Bonchev–Trinajstić information content (AvgIpc) is 2.17. The van der Waals surface area contributed by atoms with Crippen LogP contribution in [-0.4, -0.2) is 37.9 Å². The van der Waals surface area contributed by atoms with Gasteiger partial charge in [0.05, 0.1) is 0 Å². The summed E-state index contributed by atoms with van der Waals surface area (Å²) in [6.07, 6.45) is 0.917. The number of aliphatic hydroxyl groups is 1. The Kier molecular flexibility index (Phi) is 3.72. The summed E-state index contributed by atoms with van der Waals surface area (Å²) in [7, 11) is 0. The van der Waals surface area contributed by atoms with Crippen molar-refractivity contribution in [3.63, 3.8) is 0 Å². The van der Waals surface area contributed by atoms with E-state index in [1.54, 1.807) is 0 Å². The molecule has 0 radical (unpaired) electrons. The van der Waals surface area contributed by atoms with Crippen molar-refractivity contribution >= 4 is 0 Å². The van der Waals surface area contributed by atoms with Crippen LogP contribution in [0.4, 0.5) is 0 Å². The molecule has 1 aliphatic rings. The van der Waals surface area contributed by atoms with Crippen LogP contribution in [0.2, 0.25) is 0 Å². The Morgan fingerprint density at radius 3 is 2.30 bits per heavy atom. The van der Waals surface area contributed by atoms with E-state index in [1.807, 2.05) is 0 Å². The predicted molar refractivity (Wildman–Crippen MR) is 40.9 cm³/mol. The van der Waals surface area contributed by atoms with Crippen molar-refractivity contribution in [1.29, 1.82) is 0 Å². The lowest BCUT2D eigenvalue weighted by atomic mass is 10.1. The molecule has 0 unspecified atom stereocenters. The minimum atomic E-state index is 0.314. The highest BCUT2D eigenvalue weighted by Gasteiger charge is 2.09. The van der Waals surface area contributed by atoms with Crippen LogP contribution in [0.15, 0.2) is 0 Å². The molecule has 0 aromatic carbocycles. The van der Waals surface area contributed by atoms with Gasteiger partial charge in [-0.2, -0.15) is 0 Å². The fourth-order valence-corrected chi connectivity index (χ4v) is 1.25. The molecule has 3 heteroatoms. The summed E-state index contributed by atoms with van der Waals surface area (Å²) in [4.78, 5) is 0. The molecule has 1 heterocycles. The molecule has 1 aliphatic heterocycles. The van der Waals surface area contributed by atoms with Crippen molar-refractivity contribution < 1.29 is 5.11 Å². The van der Waals surface area contributed by atoms with Crippen molar-refractivity contribution in [3.05, 3.63) is 0 Å². The maximum absolute atomic E-state index is 8.65. The maximum atomic E-state index is 8.65. The Morgan fingerprint density at radius 2 is 1.80 bits per heavy atom. The van der Waals surface area contributed by atoms with Gasteiger partial charge in [-0.25, -0.2) is 0 Å². The Bertz CT molecular complexity index is 79.7. The van der Waals surface area contributed by atoms with E-state index in [2.05, 4.69) is 10.6 Å². The molecular weight excluding hydrogens is 128 g/mol. The highest BCUT2D eigenvalue weighted by atomic mass is 16.3. The third kappa shape index (κ3) is 2.64. The summed E-state index contributed by atoms with van der Waals surface area (Å²) in [5.74, 6) is 0.618. The fraction of sp³-hybridized carbons (Fsp3) is 1.00. The highest BCUT2D eigenvalue weighted by molar-refractivity contribution is 4.69. The van der Waals surface area contributed by atoms with Gasteiger partial charge >= 0.3 is 0 Å². The molecule has 0 aromatic heterocycles. The van der Waals surface area contributed by atoms with Crippen LogP contribution in [0.3, 0.4) is 0 Å². The summed E-state index contributed by atoms with van der Waals surface area (Å²) in [6, 6.07) is 0. The Hall–Kier alpha value is -0.120. The van der Waals surface area contributed by atoms with Crippen LogP contribution in [0, 0.1) is 5.92 Å². The normalized spacial score (nSPS) is 22.5. The lowest BCUT2D eigenvalue weighted by molar-refractivity contribution is 0.256. The van der Waals surface area contributed by atoms with Crippen LogP contribution in [0.1, 0.15) is 6.42 Å². The summed E-state index contributed by atoms with van der Waals surface area (Å²) < 4.78 is 0. The van der Waals surface area contributed by atoms with Crippen LogP contribution >= 0.6 is 0 Å². The van der Waals surface area contributed by atoms with Crippen molar-refractivity contribution in [1.82, 2.24) is 10.6 Å². The van der Waals surface area contributed by atoms with E-state index in [-0.39, 0.29) is 0 Å². The number of rotatable bonds is 2.